The van der Waals surface area contributed by atoms with Gasteiger partial charge in [-0.3, -0.25) is 9.69 Å². The monoisotopic (exact) mass is 304 g/mol. The molecule has 0 spiro atoms. The minimum Gasteiger partial charge on any atom is -0.350 e. The standard InChI is InChI=1S/C16H24N4O2/c1-18-6-8-19(9-7-18)12-10-20(11-12)16(21)15-13-4-2-3-5-14(13)17-22-15/h12H,2-11H2,1H3. The van der Waals surface area contributed by atoms with E-state index in [1.54, 1.807) is 0 Å². The number of hydrogen-bond donors (Lipinski definition) is 0. The highest BCUT2D eigenvalue weighted by Gasteiger charge is 2.38. The van der Waals surface area contributed by atoms with Crippen molar-refractivity contribution in [1.29, 1.82) is 0 Å². The maximum atomic E-state index is 12.6. The number of carbonyl (C=O) groups is 1. The Morgan fingerprint density at radius 1 is 1.14 bits per heavy atom. The summed E-state index contributed by atoms with van der Waals surface area (Å²) in [7, 11) is 2.17. The molecule has 0 radical (unpaired) electrons. The summed E-state index contributed by atoms with van der Waals surface area (Å²) < 4.78 is 5.37. The highest BCUT2D eigenvalue weighted by molar-refractivity contribution is 5.93. The van der Waals surface area contributed by atoms with Crippen LogP contribution in [0.5, 0.6) is 0 Å². The molecule has 22 heavy (non-hydrogen) atoms. The minimum atomic E-state index is 0.0426. The zero-order valence-electron chi connectivity index (χ0n) is 13.3. The first-order valence-electron chi connectivity index (χ1n) is 8.41. The van der Waals surface area contributed by atoms with Crippen LogP contribution in [0.15, 0.2) is 4.52 Å². The maximum absolute atomic E-state index is 12.6. The lowest BCUT2D eigenvalue weighted by atomic mass is 9.95. The molecule has 0 aromatic carbocycles. The van der Waals surface area contributed by atoms with Gasteiger partial charge in [-0.1, -0.05) is 5.16 Å². The van der Waals surface area contributed by atoms with Gasteiger partial charge in [0.1, 0.15) is 0 Å². The lowest BCUT2D eigenvalue weighted by Crippen LogP contribution is -2.64. The van der Waals surface area contributed by atoms with Crippen LogP contribution in [0.1, 0.15) is 34.7 Å². The molecule has 6 nitrogen and oxygen atoms in total. The van der Waals surface area contributed by atoms with Gasteiger partial charge in [0, 0.05) is 50.9 Å². The van der Waals surface area contributed by atoms with Crippen LogP contribution in [-0.2, 0) is 12.8 Å². The van der Waals surface area contributed by atoms with Crippen molar-refractivity contribution in [1.82, 2.24) is 19.9 Å². The second-order valence-electron chi connectivity index (χ2n) is 6.85. The summed E-state index contributed by atoms with van der Waals surface area (Å²) in [5, 5.41) is 4.10. The molecule has 0 bridgehead atoms. The molecule has 3 heterocycles. The van der Waals surface area contributed by atoms with Gasteiger partial charge in [0.25, 0.3) is 5.91 Å². The molecule has 0 saturated carbocycles. The number of nitrogens with zero attached hydrogens (tertiary/aromatic N) is 4. The van der Waals surface area contributed by atoms with E-state index in [9.17, 15) is 4.79 Å². The molecule has 1 aromatic heterocycles. The van der Waals surface area contributed by atoms with Gasteiger partial charge in [0.05, 0.1) is 5.69 Å². The molecule has 3 aliphatic rings. The quantitative estimate of drug-likeness (QED) is 0.802. The SMILES string of the molecule is CN1CCN(C2CN(C(=O)c3onc4c3CCCC4)C2)CC1. The molecule has 1 aliphatic carbocycles. The summed E-state index contributed by atoms with van der Waals surface area (Å²) >= 11 is 0. The number of aryl methyl sites for hydroxylation is 1. The molecular formula is C16H24N4O2. The Labute approximate surface area is 131 Å². The van der Waals surface area contributed by atoms with E-state index < -0.39 is 0 Å². The number of likely N-dealkylation sites (tertiary alicyclic amines) is 1. The summed E-state index contributed by atoms with van der Waals surface area (Å²) in [5.74, 6) is 0.549. The Balaban J connectivity index is 1.36. The smallest absolute Gasteiger partial charge is 0.292 e. The van der Waals surface area contributed by atoms with Gasteiger partial charge in [0.15, 0.2) is 0 Å². The van der Waals surface area contributed by atoms with Crippen LogP contribution in [0, 0.1) is 0 Å². The number of likely N-dealkylation sites (N-methyl/N-ethyl adjacent to an activating group) is 1. The average Bonchev–Trinajstić information content (AvgIpc) is 2.91. The molecule has 0 N–H and O–H groups in total. The zero-order chi connectivity index (χ0) is 15.1. The molecule has 2 saturated heterocycles. The van der Waals surface area contributed by atoms with Crippen molar-refractivity contribution in [3.63, 3.8) is 0 Å². The predicted molar refractivity (Wildman–Crippen MR) is 81.9 cm³/mol. The van der Waals surface area contributed by atoms with Gasteiger partial charge in [-0.15, -0.1) is 0 Å². The summed E-state index contributed by atoms with van der Waals surface area (Å²) in [6.45, 7) is 6.14. The molecule has 4 rings (SSSR count). The predicted octanol–water partition coefficient (Wildman–Crippen LogP) is 0.625. The summed E-state index contributed by atoms with van der Waals surface area (Å²) in [5.41, 5.74) is 2.07. The van der Waals surface area contributed by atoms with E-state index in [0.29, 0.717) is 11.8 Å². The topological polar surface area (TPSA) is 52.8 Å². The van der Waals surface area contributed by atoms with Crippen molar-refractivity contribution in [3.05, 3.63) is 17.0 Å². The largest absolute Gasteiger partial charge is 0.350 e. The van der Waals surface area contributed by atoms with E-state index >= 15 is 0 Å². The third-order valence-electron chi connectivity index (χ3n) is 5.36. The van der Waals surface area contributed by atoms with E-state index in [-0.39, 0.29) is 5.91 Å². The Hall–Kier alpha value is -1.40. The third-order valence-corrected chi connectivity index (χ3v) is 5.36. The highest BCUT2D eigenvalue weighted by Crippen LogP contribution is 2.27. The molecule has 6 heteroatoms. The van der Waals surface area contributed by atoms with Crippen LogP contribution >= 0.6 is 0 Å². The summed E-state index contributed by atoms with van der Waals surface area (Å²) in [6, 6.07) is 0.524. The summed E-state index contributed by atoms with van der Waals surface area (Å²) in [6.07, 6.45) is 4.19. The molecular weight excluding hydrogens is 280 g/mol. The first-order valence-corrected chi connectivity index (χ1v) is 8.41. The normalized spacial score (nSPS) is 24.1. The fourth-order valence-corrected chi connectivity index (χ4v) is 3.74. The lowest BCUT2D eigenvalue weighted by Gasteiger charge is -2.47. The zero-order valence-corrected chi connectivity index (χ0v) is 13.3. The fourth-order valence-electron chi connectivity index (χ4n) is 3.74. The Bertz CT molecular complexity index is 556. The molecule has 2 fully saturated rings. The van der Waals surface area contributed by atoms with Crippen LogP contribution in [0.4, 0.5) is 0 Å². The van der Waals surface area contributed by atoms with Crippen LogP contribution in [0.25, 0.3) is 0 Å². The molecule has 0 unspecified atom stereocenters. The van der Waals surface area contributed by atoms with Gasteiger partial charge < -0.3 is 14.3 Å². The van der Waals surface area contributed by atoms with Gasteiger partial charge >= 0.3 is 0 Å². The summed E-state index contributed by atoms with van der Waals surface area (Å²) in [4.78, 5) is 19.4. The number of rotatable bonds is 2. The van der Waals surface area contributed by atoms with Crippen molar-refractivity contribution in [2.24, 2.45) is 0 Å². The van der Waals surface area contributed by atoms with E-state index in [4.69, 9.17) is 4.52 Å². The number of amides is 1. The van der Waals surface area contributed by atoms with Crippen LogP contribution < -0.4 is 0 Å². The van der Waals surface area contributed by atoms with Crippen molar-refractivity contribution >= 4 is 5.91 Å². The Morgan fingerprint density at radius 3 is 2.64 bits per heavy atom. The number of piperazine rings is 1. The van der Waals surface area contributed by atoms with Crippen LogP contribution in [-0.4, -0.2) is 78.1 Å². The van der Waals surface area contributed by atoms with E-state index in [2.05, 4.69) is 22.0 Å². The van der Waals surface area contributed by atoms with E-state index in [1.807, 2.05) is 4.90 Å². The maximum Gasteiger partial charge on any atom is 0.292 e. The average molecular weight is 304 g/mol. The first-order chi connectivity index (χ1) is 10.7. The number of carbonyl (C=O) groups excluding carboxylic acids is 1. The molecule has 0 atom stereocenters. The molecule has 1 aromatic rings. The lowest BCUT2D eigenvalue weighted by molar-refractivity contribution is 0.00868. The first kappa shape index (κ1) is 14.2. The van der Waals surface area contributed by atoms with Gasteiger partial charge in [-0.05, 0) is 32.7 Å². The van der Waals surface area contributed by atoms with Gasteiger partial charge in [-0.2, -0.15) is 0 Å². The van der Waals surface area contributed by atoms with Crippen molar-refractivity contribution < 1.29 is 9.32 Å². The number of aromatic nitrogens is 1. The molecule has 2 aliphatic heterocycles. The third kappa shape index (κ3) is 2.44. The van der Waals surface area contributed by atoms with Crippen molar-refractivity contribution in [2.45, 2.75) is 31.7 Å². The second-order valence-corrected chi connectivity index (χ2v) is 6.85. The molecule has 1 amide bonds. The van der Waals surface area contributed by atoms with Crippen molar-refractivity contribution in [2.75, 3.05) is 46.3 Å². The number of fused-ring (bicyclic) bond motifs is 1. The van der Waals surface area contributed by atoms with Crippen LogP contribution in [0.3, 0.4) is 0 Å². The van der Waals surface area contributed by atoms with E-state index in [1.165, 1.54) is 0 Å². The minimum absolute atomic E-state index is 0.0426. The van der Waals surface area contributed by atoms with Gasteiger partial charge in [-0.25, -0.2) is 0 Å². The highest BCUT2D eigenvalue weighted by atomic mass is 16.5. The molecule has 120 valence electrons. The van der Waals surface area contributed by atoms with Crippen molar-refractivity contribution in [3.8, 4) is 0 Å². The second kappa shape index (κ2) is 5.66. The van der Waals surface area contributed by atoms with Crippen LogP contribution in [0.2, 0.25) is 0 Å². The Morgan fingerprint density at radius 2 is 1.86 bits per heavy atom. The Kier molecular flexibility index (Phi) is 3.66. The van der Waals surface area contributed by atoms with Gasteiger partial charge in [0.2, 0.25) is 5.76 Å². The number of hydrogen-bond acceptors (Lipinski definition) is 5. The van der Waals surface area contributed by atoms with E-state index in [0.717, 1.165) is 76.2 Å². The fraction of sp³-hybridized carbons (Fsp3) is 0.750.